The molecule has 0 aliphatic carbocycles. The summed E-state index contributed by atoms with van der Waals surface area (Å²) < 4.78 is 6.76. The second-order valence-corrected chi connectivity index (χ2v) is 5.61. The van der Waals surface area contributed by atoms with Crippen LogP contribution in [0.1, 0.15) is 5.56 Å². The molecule has 5 nitrogen and oxygen atoms in total. The Labute approximate surface area is 136 Å². The largest absolute Gasteiger partial charge is 0.383 e. The van der Waals surface area contributed by atoms with E-state index in [9.17, 15) is 4.79 Å². The van der Waals surface area contributed by atoms with Crippen LogP contribution in [0.15, 0.2) is 39.7 Å². The summed E-state index contributed by atoms with van der Waals surface area (Å²) in [6.07, 6.45) is 1.62. The van der Waals surface area contributed by atoms with E-state index in [1.54, 1.807) is 13.3 Å². The van der Waals surface area contributed by atoms with Crippen molar-refractivity contribution in [2.24, 2.45) is 0 Å². The number of hydrogen-bond donors (Lipinski definition) is 1. The highest BCUT2D eigenvalue weighted by Crippen LogP contribution is 2.18. The van der Waals surface area contributed by atoms with E-state index in [0.717, 1.165) is 5.56 Å². The number of hydrogen-bond acceptors (Lipinski definition) is 4. The summed E-state index contributed by atoms with van der Waals surface area (Å²) in [7, 11) is 1.58. The molecule has 112 valence electrons. The third kappa shape index (κ3) is 4.30. The van der Waals surface area contributed by atoms with Gasteiger partial charge in [-0.25, -0.2) is 4.68 Å². The predicted molar refractivity (Wildman–Crippen MR) is 86.9 cm³/mol. The highest BCUT2D eigenvalue weighted by Gasteiger charge is 2.08. The van der Waals surface area contributed by atoms with Crippen LogP contribution in [-0.2, 0) is 17.8 Å². The number of ether oxygens (including phenoxy) is 1. The smallest absolute Gasteiger partial charge is 0.283 e. The molecular formula is C14H15BrClN3O2. The zero-order valence-electron chi connectivity index (χ0n) is 11.5. The van der Waals surface area contributed by atoms with Crippen molar-refractivity contribution in [3.8, 4) is 0 Å². The predicted octanol–water partition coefficient (Wildman–Crippen LogP) is 2.92. The van der Waals surface area contributed by atoms with Crippen molar-refractivity contribution in [1.29, 1.82) is 0 Å². The third-order valence-electron chi connectivity index (χ3n) is 2.86. The van der Waals surface area contributed by atoms with Crippen molar-refractivity contribution in [3.05, 3.63) is 55.9 Å². The minimum Gasteiger partial charge on any atom is -0.383 e. The molecule has 1 N–H and O–H groups in total. The lowest BCUT2D eigenvalue weighted by molar-refractivity contribution is 0.181. The van der Waals surface area contributed by atoms with Gasteiger partial charge in [-0.1, -0.05) is 23.7 Å². The molecule has 0 spiro atoms. The van der Waals surface area contributed by atoms with Gasteiger partial charge in [-0.15, -0.1) is 0 Å². The number of anilines is 1. The Balaban J connectivity index is 2.10. The first-order valence-corrected chi connectivity index (χ1v) is 7.52. The van der Waals surface area contributed by atoms with E-state index >= 15 is 0 Å². The minimum absolute atomic E-state index is 0.192. The molecule has 1 aromatic heterocycles. The molecule has 2 rings (SSSR count). The maximum Gasteiger partial charge on any atom is 0.283 e. The number of aromatic nitrogens is 2. The fraction of sp³-hybridized carbons (Fsp3) is 0.286. The van der Waals surface area contributed by atoms with Gasteiger partial charge in [0.15, 0.2) is 0 Å². The quantitative estimate of drug-likeness (QED) is 0.847. The van der Waals surface area contributed by atoms with Gasteiger partial charge in [-0.3, -0.25) is 4.79 Å². The normalized spacial score (nSPS) is 10.6. The standard InChI is InChI=1S/C14H15BrClN3O2/c1-21-6-5-19-14(20)13(15)12(9-18-19)17-8-10-3-2-4-11(16)7-10/h2-4,7,9,17H,5-6,8H2,1H3. The van der Waals surface area contributed by atoms with E-state index in [0.29, 0.717) is 34.9 Å². The number of rotatable bonds is 6. The first-order chi connectivity index (χ1) is 10.1. The minimum atomic E-state index is -0.192. The summed E-state index contributed by atoms with van der Waals surface area (Å²) >= 11 is 9.25. The van der Waals surface area contributed by atoms with E-state index in [1.165, 1.54) is 4.68 Å². The molecule has 0 saturated heterocycles. The molecule has 0 bridgehead atoms. The van der Waals surface area contributed by atoms with Crippen molar-refractivity contribution in [2.75, 3.05) is 19.0 Å². The molecule has 0 unspecified atom stereocenters. The topological polar surface area (TPSA) is 56.1 Å². The highest BCUT2D eigenvalue weighted by atomic mass is 79.9. The van der Waals surface area contributed by atoms with Gasteiger partial charge in [0.25, 0.3) is 5.56 Å². The molecule has 0 aliphatic heterocycles. The molecule has 0 atom stereocenters. The Kier molecular flexibility index (Phi) is 5.78. The second-order valence-electron chi connectivity index (χ2n) is 4.38. The molecule has 0 fully saturated rings. The van der Waals surface area contributed by atoms with Crippen LogP contribution in [-0.4, -0.2) is 23.5 Å². The monoisotopic (exact) mass is 371 g/mol. The Bertz CT molecular complexity index is 676. The van der Waals surface area contributed by atoms with Gasteiger partial charge < -0.3 is 10.1 Å². The zero-order valence-corrected chi connectivity index (χ0v) is 13.8. The fourth-order valence-electron chi connectivity index (χ4n) is 1.77. The van der Waals surface area contributed by atoms with Crippen molar-refractivity contribution in [2.45, 2.75) is 13.1 Å². The average molecular weight is 373 g/mol. The van der Waals surface area contributed by atoms with E-state index in [-0.39, 0.29) is 5.56 Å². The lowest BCUT2D eigenvalue weighted by Gasteiger charge is -2.10. The number of nitrogens with zero attached hydrogens (tertiary/aromatic N) is 2. The van der Waals surface area contributed by atoms with Crippen molar-refractivity contribution >= 4 is 33.2 Å². The molecule has 0 radical (unpaired) electrons. The van der Waals surface area contributed by atoms with E-state index in [4.69, 9.17) is 16.3 Å². The first kappa shape index (κ1) is 16.0. The summed E-state index contributed by atoms with van der Waals surface area (Å²) in [6, 6.07) is 7.53. The summed E-state index contributed by atoms with van der Waals surface area (Å²) in [4.78, 5) is 12.1. The fourth-order valence-corrected chi connectivity index (χ4v) is 2.43. The van der Waals surface area contributed by atoms with Crippen LogP contribution in [0.2, 0.25) is 5.02 Å². The van der Waals surface area contributed by atoms with E-state index in [1.807, 2.05) is 24.3 Å². The van der Waals surface area contributed by atoms with Crippen LogP contribution in [0.4, 0.5) is 5.69 Å². The second kappa shape index (κ2) is 7.59. The van der Waals surface area contributed by atoms with Crippen LogP contribution < -0.4 is 10.9 Å². The molecule has 1 aromatic carbocycles. The van der Waals surface area contributed by atoms with Crippen LogP contribution in [0.25, 0.3) is 0 Å². The molecule has 0 saturated carbocycles. The average Bonchev–Trinajstić information content (AvgIpc) is 2.48. The van der Waals surface area contributed by atoms with Gasteiger partial charge in [0.1, 0.15) is 4.47 Å². The van der Waals surface area contributed by atoms with Crippen LogP contribution in [0, 0.1) is 0 Å². The molecule has 7 heteroatoms. The van der Waals surface area contributed by atoms with Gasteiger partial charge in [0, 0.05) is 18.7 Å². The number of halogens is 2. The summed E-state index contributed by atoms with van der Waals surface area (Å²) in [6.45, 7) is 1.42. The van der Waals surface area contributed by atoms with E-state index < -0.39 is 0 Å². The Morgan fingerprint density at radius 3 is 3.00 bits per heavy atom. The summed E-state index contributed by atoms with van der Waals surface area (Å²) in [5.41, 5.74) is 1.48. The summed E-state index contributed by atoms with van der Waals surface area (Å²) in [5, 5.41) is 7.96. The highest BCUT2D eigenvalue weighted by molar-refractivity contribution is 9.10. The lowest BCUT2D eigenvalue weighted by atomic mass is 10.2. The van der Waals surface area contributed by atoms with Gasteiger partial charge >= 0.3 is 0 Å². The Morgan fingerprint density at radius 2 is 2.29 bits per heavy atom. The Morgan fingerprint density at radius 1 is 1.48 bits per heavy atom. The van der Waals surface area contributed by atoms with E-state index in [2.05, 4.69) is 26.3 Å². The maximum absolute atomic E-state index is 12.1. The van der Waals surface area contributed by atoms with Crippen LogP contribution in [0.5, 0.6) is 0 Å². The number of methoxy groups -OCH3 is 1. The van der Waals surface area contributed by atoms with Crippen molar-refractivity contribution in [1.82, 2.24) is 9.78 Å². The van der Waals surface area contributed by atoms with Gasteiger partial charge in [-0.05, 0) is 33.6 Å². The molecular weight excluding hydrogens is 358 g/mol. The third-order valence-corrected chi connectivity index (χ3v) is 3.87. The SMILES string of the molecule is COCCn1ncc(NCc2cccc(Cl)c2)c(Br)c1=O. The summed E-state index contributed by atoms with van der Waals surface area (Å²) in [5.74, 6) is 0. The molecule has 1 heterocycles. The van der Waals surface area contributed by atoms with Gasteiger partial charge in [-0.2, -0.15) is 5.10 Å². The van der Waals surface area contributed by atoms with Crippen LogP contribution >= 0.6 is 27.5 Å². The van der Waals surface area contributed by atoms with Crippen molar-refractivity contribution < 1.29 is 4.74 Å². The number of benzene rings is 1. The molecule has 21 heavy (non-hydrogen) atoms. The Hall–Kier alpha value is -1.37. The number of nitrogens with one attached hydrogen (secondary N) is 1. The molecule has 0 amide bonds. The molecule has 2 aromatic rings. The van der Waals surface area contributed by atoms with Gasteiger partial charge in [0.05, 0.1) is 25.0 Å². The van der Waals surface area contributed by atoms with Gasteiger partial charge in [0.2, 0.25) is 0 Å². The maximum atomic E-state index is 12.1. The zero-order chi connectivity index (χ0) is 15.2. The van der Waals surface area contributed by atoms with Crippen LogP contribution in [0.3, 0.4) is 0 Å². The molecule has 0 aliphatic rings. The van der Waals surface area contributed by atoms with Crippen molar-refractivity contribution in [3.63, 3.8) is 0 Å². The first-order valence-electron chi connectivity index (χ1n) is 6.34. The lowest BCUT2D eigenvalue weighted by Crippen LogP contribution is -2.26.